The van der Waals surface area contributed by atoms with E-state index in [1.165, 1.54) is 221 Å². The highest BCUT2D eigenvalue weighted by atomic mass is 32.2. The first kappa shape index (κ1) is 60.4. The molecule has 0 aromatic carbocycles. The largest absolute Gasteiger partial charge is 0.144 e. The molecular formula is C66H84S10. The van der Waals surface area contributed by atoms with Gasteiger partial charge < -0.3 is 0 Å². The summed E-state index contributed by atoms with van der Waals surface area (Å²) in [5, 5.41) is 9.89. The van der Waals surface area contributed by atoms with Gasteiger partial charge in [-0.1, -0.05) is 154 Å². The van der Waals surface area contributed by atoms with E-state index in [1.54, 1.807) is 44.5 Å². The number of hydrogen-bond acceptors (Lipinski definition) is 10. The summed E-state index contributed by atoms with van der Waals surface area (Å²) in [6.45, 7) is 18.6. The highest BCUT2D eigenvalue weighted by Crippen LogP contribution is 2.66. The Bertz CT molecular complexity index is 2550. The molecule has 0 spiro atoms. The van der Waals surface area contributed by atoms with Gasteiger partial charge in [0.1, 0.15) is 0 Å². The third-order valence-electron chi connectivity index (χ3n) is 14.6. The quantitative estimate of drug-likeness (QED) is 0.0413. The van der Waals surface area contributed by atoms with Crippen LogP contribution in [0.5, 0.6) is 0 Å². The van der Waals surface area contributed by atoms with Crippen LogP contribution in [0, 0.1) is 0 Å². The topological polar surface area (TPSA) is 0 Å². The van der Waals surface area contributed by atoms with Gasteiger partial charge in [-0.2, -0.15) is 0 Å². The van der Waals surface area contributed by atoms with E-state index >= 15 is 0 Å². The highest BCUT2D eigenvalue weighted by molar-refractivity contribution is 8.30. The Hall–Kier alpha value is -1.70. The first-order valence-corrected chi connectivity index (χ1v) is 37.7. The lowest BCUT2D eigenvalue weighted by atomic mass is 10.0. The van der Waals surface area contributed by atoms with E-state index in [-0.39, 0.29) is 0 Å². The van der Waals surface area contributed by atoms with Crippen LogP contribution < -0.4 is 0 Å². The molecule has 8 rings (SSSR count). The number of fused-ring (bicyclic) bond motifs is 2. The van der Waals surface area contributed by atoms with Gasteiger partial charge in [-0.15, -0.1) is 68.0 Å². The summed E-state index contributed by atoms with van der Waals surface area (Å²) in [4.78, 5) is 17.3. The maximum absolute atomic E-state index is 2.49. The average Bonchev–Trinajstić information content (AvgIpc) is 4.34. The Morgan fingerprint density at radius 3 is 0.671 bits per heavy atom. The Kier molecular flexibility index (Phi) is 25.0. The maximum Gasteiger partial charge on any atom is 0.0707 e. The zero-order valence-electron chi connectivity index (χ0n) is 47.0. The second-order valence-corrected chi connectivity index (χ2v) is 30.9. The Morgan fingerprint density at radius 2 is 0.461 bits per heavy atom. The van der Waals surface area contributed by atoms with Crippen LogP contribution in [-0.2, 0) is 51.4 Å². The molecule has 8 heterocycles. The summed E-state index contributed by atoms with van der Waals surface area (Å²) >= 11 is 20.1. The molecule has 0 bridgehead atoms. The molecule has 2 aliphatic rings. The minimum Gasteiger partial charge on any atom is -0.144 e. The van der Waals surface area contributed by atoms with Crippen LogP contribution in [0.4, 0.5) is 0 Å². The van der Waals surface area contributed by atoms with Crippen molar-refractivity contribution in [1.82, 2.24) is 0 Å². The number of hydrogen-bond donors (Lipinski definition) is 0. The molecule has 0 unspecified atom stereocenters. The standard InChI is InChI=1S/C66H84S10/c1-9-17-25-45-41-67-53(49(45)29-21-13-5)33-37-57-61-62(58(71-57)38-34-54-50(30-22-14-6)46(42-68-54)26-18-10-2)74-65(73-61)66-75-63-59(39-35-55-51(31-23-15-7)47(43-69-55)27-19-11-3)72-60(64(63)76-66)40-36-56-52(32-24-16-8)48(44-70-56)28-20-12-4/h33-44H,9-32H2,1-8H3/b37-33+,38-34+,39-35+,40-36+. The third-order valence-corrected chi connectivity index (χ3v) is 27.4. The Labute approximate surface area is 501 Å². The Balaban J connectivity index is 1.17. The van der Waals surface area contributed by atoms with E-state index in [1.807, 2.05) is 115 Å². The molecule has 0 nitrogen and oxygen atoms in total. The van der Waals surface area contributed by atoms with Crippen molar-refractivity contribution < 1.29 is 0 Å². The molecule has 0 atom stereocenters. The molecule has 6 aromatic rings. The van der Waals surface area contributed by atoms with Crippen molar-refractivity contribution in [2.24, 2.45) is 0 Å². The van der Waals surface area contributed by atoms with Gasteiger partial charge in [0.05, 0.1) is 8.47 Å². The third kappa shape index (κ3) is 15.4. The summed E-state index contributed by atoms with van der Waals surface area (Å²) in [6.07, 6.45) is 49.5. The van der Waals surface area contributed by atoms with Crippen molar-refractivity contribution in [1.29, 1.82) is 0 Å². The molecule has 0 N–H and O–H groups in total. The van der Waals surface area contributed by atoms with E-state index in [9.17, 15) is 0 Å². The normalized spacial score (nSPS) is 13.8. The molecule has 0 radical (unpaired) electrons. The SMILES string of the molecule is CCCCc1csc(/C=C/c2sc(/C=C/c3scc(CCCC)c3CCCC)c3c2SC(=C2Sc4c(/C=C/c5scc(CCCC)c5CCCC)sc(/C=C/c5scc(CCCC)c5CCCC)c4S2)S3)c1CCCC. The fourth-order valence-electron chi connectivity index (χ4n) is 10.0. The van der Waals surface area contributed by atoms with Gasteiger partial charge in [-0.05, 0) is 217 Å². The van der Waals surface area contributed by atoms with Gasteiger partial charge in [0.2, 0.25) is 0 Å². The first-order chi connectivity index (χ1) is 37.4. The van der Waals surface area contributed by atoms with Gasteiger partial charge in [-0.3, -0.25) is 0 Å². The molecule has 2 aliphatic heterocycles. The van der Waals surface area contributed by atoms with Crippen LogP contribution in [-0.4, -0.2) is 0 Å². The summed E-state index contributed by atoms with van der Waals surface area (Å²) in [5.41, 5.74) is 12.8. The second-order valence-electron chi connectivity index (χ2n) is 20.5. The summed E-state index contributed by atoms with van der Waals surface area (Å²) in [7, 11) is 0. The van der Waals surface area contributed by atoms with Gasteiger partial charge in [0.15, 0.2) is 0 Å². The lowest BCUT2D eigenvalue weighted by Crippen LogP contribution is -1.92. The van der Waals surface area contributed by atoms with Crippen molar-refractivity contribution in [3.05, 3.63) is 114 Å². The smallest absolute Gasteiger partial charge is 0.0707 e. The predicted molar refractivity (Wildman–Crippen MR) is 361 cm³/mol. The summed E-state index contributed by atoms with van der Waals surface area (Å²) in [5.74, 6) is 0. The average molecular weight is 1200 g/mol. The molecule has 10 heteroatoms. The zero-order valence-corrected chi connectivity index (χ0v) is 55.1. The van der Waals surface area contributed by atoms with Crippen LogP contribution in [0.25, 0.3) is 48.6 Å². The van der Waals surface area contributed by atoms with Crippen molar-refractivity contribution in [2.45, 2.75) is 229 Å². The maximum atomic E-state index is 2.49. The summed E-state index contributed by atoms with van der Waals surface area (Å²) < 4.78 is 2.90. The lowest BCUT2D eigenvalue weighted by molar-refractivity contribution is 0.761. The van der Waals surface area contributed by atoms with Crippen LogP contribution in [0.2, 0.25) is 0 Å². The lowest BCUT2D eigenvalue weighted by Gasteiger charge is -2.06. The molecule has 0 amide bonds. The molecule has 76 heavy (non-hydrogen) atoms. The molecule has 0 fully saturated rings. The van der Waals surface area contributed by atoms with Crippen LogP contribution in [0.1, 0.15) is 242 Å². The number of unbranched alkanes of at least 4 members (excludes halogenated alkanes) is 8. The van der Waals surface area contributed by atoms with Crippen molar-refractivity contribution >= 4 is 164 Å². The number of rotatable bonds is 32. The van der Waals surface area contributed by atoms with Crippen molar-refractivity contribution in [3.63, 3.8) is 0 Å². The molecule has 408 valence electrons. The number of aryl methyl sites for hydroxylation is 4. The monoisotopic (exact) mass is 1200 g/mol. The molecule has 0 saturated heterocycles. The highest BCUT2D eigenvalue weighted by Gasteiger charge is 2.34. The molecule has 0 saturated carbocycles. The predicted octanol–water partition coefficient (Wildman–Crippen LogP) is 25.7. The van der Waals surface area contributed by atoms with Crippen LogP contribution in [0.3, 0.4) is 0 Å². The minimum atomic E-state index is 1.19. The first-order valence-electron chi connectivity index (χ1n) is 29.2. The van der Waals surface area contributed by atoms with Crippen LogP contribution >= 0.6 is 115 Å². The summed E-state index contributed by atoms with van der Waals surface area (Å²) in [6, 6.07) is 0. The Morgan fingerprint density at radius 1 is 0.263 bits per heavy atom. The molecule has 6 aromatic heterocycles. The fraction of sp³-hybridized carbons (Fsp3) is 0.485. The van der Waals surface area contributed by atoms with E-state index in [4.69, 9.17) is 0 Å². The minimum absolute atomic E-state index is 1.19. The van der Waals surface area contributed by atoms with E-state index in [2.05, 4.69) is 126 Å². The van der Waals surface area contributed by atoms with E-state index in [0.717, 1.165) is 0 Å². The molecular weight excluding hydrogens is 1110 g/mol. The molecule has 0 aliphatic carbocycles. The van der Waals surface area contributed by atoms with Gasteiger partial charge in [0.25, 0.3) is 0 Å². The van der Waals surface area contributed by atoms with Gasteiger partial charge in [0, 0.05) is 58.6 Å². The van der Waals surface area contributed by atoms with Crippen LogP contribution in [0.15, 0.2) is 49.6 Å². The van der Waals surface area contributed by atoms with Crippen molar-refractivity contribution in [3.8, 4) is 0 Å². The van der Waals surface area contributed by atoms with E-state index < -0.39 is 0 Å². The van der Waals surface area contributed by atoms with Crippen molar-refractivity contribution in [2.75, 3.05) is 0 Å². The second kappa shape index (κ2) is 31.5. The van der Waals surface area contributed by atoms with E-state index in [0.29, 0.717) is 0 Å². The van der Waals surface area contributed by atoms with Gasteiger partial charge >= 0.3 is 0 Å². The van der Waals surface area contributed by atoms with Gasteiger partial charge in [-0.25, -0.2) is 0 Å². The zero-order chi connectivity index (χ0) is 53.2. The number of thiophene rings is 6. The number of thioether (sulfide) groups is 4. The fourth-order valence-corrected chi connectivity index (χ4v) is 22.7.